The summed E-state index contributed by atoms with van der Waals surface area (Å²) in [7, 11) is -2.12. The van der Waals surface area contributed by atoms with Crippen LogP contribution in [0.5, 0.6) is 0 Å². The molecular weight excluding hydrogens is 355 g/mol. The minimum Gasteiger partial charge on any atom is -0.414 e. The van der Waals surface area contributed by atoms with Gasteiger partial charge >= 0.3 is 7.12 Å². The topological polar surface area (TPSA) is 36.9 Å². The predicted molar refractivity (Wildman–Crippen MR) is 113 cm³/mol. The Morgan fingerprint density at radius 2 is 1.59 bits per heavy atom. The lowest BCUT2D eigenvalue weighted by Crippen LogP contribution is -2.48. The summed E-state index contributed by atoms with van der Waals surface area (Å²) in [6.45, 7) is 22.7. The number of ether oxygens (including phenoxy) is 1. The lowest BCUT2D eigenvalue weighted by Gasteiger charge is -2.42. The largest absolute Gasteiger partial charge is 0.490 e. The molecule has 154 valence electrons. The van der Waals surface area contributed by atoms with Gasteiger partial charge in [0.05, 0.1) is 23.4 Å². The van der Waals surface area contributed by atoms with Crippen LogP contribution in [0.4, 0.5) is 0 Å². The molecule has 3 rings (SSSR count). The Bertz CT molecular complexity index is 621. The standard InChI is InChI=1S/C21H39BO4Si/c1-17(2,3)27(9,10)23-15-21-12-11-20(8,24-21)13-16(14-21)22-25-18(4,5)19(6,7)26-22/h14H,11-13,15H2,1-10H3. The molecule has 0 aromatic carbocycles. The highest BCUT2D eigenvalue weighted by Crippen LogP contribution is 2.50. The van der Waals surface area contributed by atoms with Gasteiger partial charge in [-0.2, -0.15) is 0 Å². The summed E-state index contributed by atoms with van der Waals surface area (Å²) in [4.78, 5) is 0. The van der Waals surface area contributed by atoms with E-state index in [4.69, 9.17) is 18.5 Å². The Kier molecular flexibility index (Phi) is 4.94. The summed E-state index contributed by atoms with van der Waals surface area (Å²) < 4.78 is 25.8. The third kappa shape index (κ3) is 3.85. The first-order valence-electron chi connectivity index (χ1n) is 10.4. The number of hydrogen-bond donors (Lipinski definition) is 0. The van der Waals surface area contributed by atoms with Crippen LogP contribution < -0.4 is 0 Å². The van der Waals surface area contributed by atoms with Crippen molar-refractivity contribution in [3.63, 3.8) is 0 Å². The first-order chi connectivity index (χ1) is 12.0. The minimum absolute atomic E-state index is 0.148. The van der Waals surface area contributed by atoms with E-state index in [2.05, 4.69) is 74.6 Å². The van der Waals surface area contributed by atoms with E-state index in [0.29, 0.717) is 6.61 Å². The maximum atomic E-state index is 6.58. The van der Waals surface area contributed by atoms with Crippen LogP contribution in [-0.4, -0.2) is 44.4 Å². The van der Waals surface area contributed by atoms with E-state index in [0.717, 1.165) is 19.3 Å². The Balaban J connectivity index is 1.83. The van der Waals surface area contributed by atoms with Gasteiger partial charge < -0.3 is 18.5 Å². The van der Waals surface area contributed by atoms with Crippen LogP contribution in [0.2, 0.25) is 18.1 Å². The molecule has 0 aromatic heterocycles. The third-order valence-electron chi connectivity index (χ3n) is 7.59. The van der Waals surface area contributed by atoms with Crippen LogP contribution >= 0.6 is 0 Å². The van der Waals surface area contributed by atoms with E-state index in [1.165, 1.54) is 5.47 Å². The molecule has 3 aliphatic heterocycles. The molecule has 0 amide bonds. The van der Waals surface area contributed by atoms with Crippen molar-refractivity contribution < 1.29 is 18.5 Å². The fourth-order valence-corrected chi connectivity index (χ4v) is 4.96. The average Bonchev–Trinajstić information content (AvgIpc) is 2.85. The van der Waals surface area contributed by atoms with Crippen molar-refractivity contribution in [2.45, 2.75) is 115 Å². The van der Waals surface area contributed by atoms with Crippen molar-refractivity contribution in [1.29, 1.82) is 0 Å². The maximum Gasteiger partial charge on any atom is 0.490 e. The molecule has 0 aliphatic carbocycles. The molecular formula is C21H39BO4Si. The van der Waals surface area contributed by atoms with Crippen LogP contribution in [0.3, 0.4) is 0 Å². The molecule has 3 heterocycles. The second-order valence-corrected chi connectivity index (χ2v) is 16.5. The number of hydrogen-bond acceptors (Lipinski definition) is 4. The SMILES string of the molecule is CC12CCC(CO[Si](C)(C)C(C)(C)C)(C=C(B3OC(C)(C)C(C)(C)O3)C1)O2. The lowest BCUT2D eigenvalue weighted by molar-refractivity contribution is -0.0963. The van der Waals surface area contributed by atoms with Crippen molar-refractivity contribution in [2.24, 2.45) is 0 Å². The van der Waals surface area contributed by atoms with Gasteiger partial charge in [0.15, 0.2) is 8.32 Å². The fraction of sp³-hybridized carbons (Fsp3) is 0.905. The summed E-state index contributed by atoms with van der Waals surface area (Å²) in [5, 5.41) is 0.193. The smallest absolute Gasteiger partial charge is 0.414 e. The average molecular weight is 394 g/mol. The number of rotatable bonds is 4. The zero-order valence-corrected chi connectivity index (χ0v) is 20.1. The number of fused-ring (bicyclic) bond motifs is 2. The van der Waals surface area contributed by atoms with Crippen molar-refractivity contribution in [3.05, 3.63) is 11.5 Å². The summed E-state index contributed by atoms with van der Waals surface area (Å²) in [6, 6.07) is 0. The lowest BCUT2D eigenvalue weighted by atomic mass is 9.71. The van der Waals surface area contributed by atoms with Crippen molar-refractivity contribution >= 4 is 15.4 Å². The molecule has 27 heavy (non-hydrogen) atoms. The molecule has 6 heteroatoms. The van der Waals surface area contributed by atoms with Gasteiger partial charge in [0.25, 0.3) is 0 Å². The van der Waals surface area contributed by atoms with Gasteiger partial charge in [0.1, 0.15) is 5.60 Å². The Morgan fingerprint density at radius 3 is 2.11 bits per heavy atom. The Labute approximate surface area is 167 Å². The van der Waals surface area contributed by atoms with Crippen molar-refractivity contribution in [3.8, 4) is 0 Å². The van der Waals surface area contributed by atoms with Crippen LogP contribution in [-0.2, 0) is 18.5 Å². The zero-order chi connectivity index (χ0) is 20.5. The van der Waals surface area contributed by atoms with Gasteiger partial charge in [0, 0.05) is 0 Å². The molecule has 3 aliphatic rings. The van der Waals surface area contributed by atoms with Gasteiger partial charge in [-0.1, -0.05) is 26.8 Å². The van der Waals surface area contributed by atoms with Crippen LogP contribution in [0.25, 0.3) is 0 Å². The molecule has 0 N–H and O–H groups in total. The molecule has 0 aromatic rings. The van der Waals surface area contributed by atoms with Gasteiger partial charge in [-0.15, -0.1) is 0 Å². The summed E-state index contributed by atoms with van der Waals surface area (Å²) in [6.07, 6.45) is 5.19. The van der Waals surface area contributed by atoms with Crippen molar-refractivity contribution in [2.75, 3.05) is 6.61 Å². The highest BCUT2D eigenvalue weighted by Gasteiger charge is 2.57. The molecule has 2 saturated heterocycles. The second-order valence-electron chi connectivity index (χ2n) is 11.7. The van der Waals surface area contributed by atoms with Crippen LogP contribution in [0.1, 0.15) is 74.7 Å². The molecule has 2 bridgehead atoms. The summed E-state index contributed by atoms with van der Waals surface area (Å²) >= 11 is 0. The van der Waals surface area contributed by atoms with Crippen LogP contribution in [0, 0.1) is 0 Å². The van der Waals surface area contributed by atoms with E-state index in [1.807, 2.05) is 0 Å². The fourth-order valence-electron chi connectivity index (χ4n) is 3.92. The third-order valence-corrected chi connectivity index (χ3v) is 12.1. The molecule has 2 fully saturated rings. The minimum atomic E-state index is -1.83. The van der Waals surface area contributed by atoms with Gasteiger partial charge in [0.2, 0.25) is 0 Å². The molecule has 2 unspecified atom stereocenters. The second kappa shape index (κ2) is 6.18. The van der Waals surface area contributed by atoms with E-state index in [9.17, 15) is 0 Å². The quantitative estimate of drug-likeness (QED) is 0.608. The van der Waals surface area contributed by atoms with E-state index in [-0.39, 0.29) is 34.6 Å². The highest BCUT2D eigenvalue weighted by molar-refractivity contribution is 6.74. The molecule has 2 atom stereocenters. The van der Waals surface area contributed by atoms with Crippen LogP contribution in [0.15, 0.2) is 11.5 Å². The monoisotopic (exact) mass is 394 g/mol. The summed E-state index contributed by atoms with van der Waals surface area (Å²) in [5.74, 6) is 0. The molecule has 0 radical (unpaired) electrons. The highest BCUT2D eigenvalue weighted by atomic mass is 28.4. The molecule has 4 nitrogen and oxygen atoms in total. The molecule has 0 spiro atoms. The van der Waals surface area contributed by atoms with Gasteiger partial charge in [-0.25, -0.2) is 0 Å². The van der Waals surface area contributed by atoms with Gasteiger partial charge in [-0.3, -0.25) is 0 Å². The normalized spacial score (nSPS) is 35.5. The van der Waals surface area contributed by atoms with E-state index < -0.39 is 8.32 Å². The van der Waals surface area contributed by atoms with Gasteiger partial charge in [-0.05, 0) is 77.5 Å². The molecule has 0 saturated carbocycles. The zero-order valence-electron chi connectivity index (χ0n) is 19.1. The Morgan fingerprint density at radius 1 is 1.04 bits per heavy atom. The first-order valence-corrected chi connectivity index (χ1v) is 13.3. The maximum absolute atomic E-state index is 6.58. The van der Waals surface area contributed by atoms with Crippen molar-refractivity contribution in [1.82, 2.24) is 0 Å². The Hall–Kier alpha value is -0.138. The van der Waals surface area contributed by atoms with E-state index in [1.54, 1.807) is 0 Å². The van der Waals surface area contributed by atoms with E-state index >= 15 is 0 Å². The first kappa shape index (κ1) is 21.6. The summed E-state index contributed by atoms with van der Waals surface area (Å²) in [5.41, 5.74) is 0.0911. The predicted octanol–water partition coefficient (Wildman–Crippen LogP) is 5.28.